The molecule has 5 nitrogen and oxygen atoms in total. The summed E-state index contributed by atoms with van der Waals surface area (Å²) in [5.41, 5.74) is 6.30. The van der Waals surface area contributed by atoms with Crippen molar-refractivity contribution in [1.29, 1.82) is 0 Å². The van der Waals surface area contributed by atoms with E-state index in [2.05, 4.69) is 10.8 Å². The number of benzene rings is 1. The first-order chi connectivity index (χ1) is 10.2. The molecule has 1 heterocycles. The van der Waals surface area contributed by atoms with E-state index in [1.54, 1.807) is 24.3 Å². The number of carbonyl (C=O) groups is 1. The number of ether oxygens (including phenoxy) is 1. The van der Waals surface area contributed by atoms with Gasteiger partial charge in [-0.2, -0.15) is 0 Å². The smallest absolute Gasteiger partial charge is 0.226 e. The zero-order valence-corrected chi connectivity index (χ0v) is 12.1. The molecule has 1 aliphatic rings. The van der Waals surface area contributed by atoms with E-state index in [-0.39, 0.29) is 5.91 Å². The van der Waals surface area contributed by atoms with Gasteiger partial charge in [-0.1, -0.05) is 5.92 Å². The van der Waals surface area contributed by atoms with Gasteiger partial charge in [-0.25, -0.2) is 0 Å². The highest BCUT2D eigenvalue weighted by molar-refractivity contribution is 5.76. The molecular weight excluding hydrogens is 266 g/mol. The molecule has 0 bridgehead atoms. The van der Waals surface area contributed by atoms with Gasteiger partial charge in [0.2, 0.25) is 5.91 Å². The normalized spacial score (nSPS) is 15.5. The van der Waals surface area contributed by atoms with Crippen molar-refractivity contribution in [2.45, 2.75) is 6.42 Å². The number of nitrogens with zero attached hydrogens (tertiary/aromatic N) is 2. The van der Waals surface area contributed by atoms with Gasteiger partial charge in [0.1, 0.15) is 5.75 Å². The first-order valence-electron chi connectivity index (χ1n) is 7.11. The molecule has 0 aliphatic carbocycles. The first-order valence-corrected chi connectivity index (χ1v) is 7.11. The molecule has 1 aliphatic heterocycles. The largest absolute Gasteiger partial charge is 0.493 e. The minimum absolute atomic E-state index is 0.130. The number of carbonyl (C=O) groups excluding carboxylic acids is 1. The third-order valence-corrected chi connectivity index (χ3v) is 3.50. The summed E-state index contributed by atoms with van der Waals surface area (Å²) in [7, 11) is 0. The molecule has 0 aromatic heterocycles. The Morgan fingerprint density at radius 1 is 1.24 bits per heavy atom. The molecule has 1 aromatic carbocycles. The van der Waals surface area contributed by atoms with Gasteiger partial charge < -0.3 is 15.4 Å². The molecule has 2 N–H and O–H groups in total. The van der Waals surface area contributed by atoms with Crippen LogP contribution in [-0.2, 0) is 4.79 Å². The predicted octanol–water partition coefficient (Wildman–Crippen LogP) is 0.815. The summed E-state index contributed by atoms with van der Waals surface area (Å²) >= 11 is 0. The molecule has 0 saturated carbocycles. The average Bonchev–Trinajstić information content (AvgIpc) is 2.50. The van der Waals surface area contributed by atoms with E-state index in [1.165, 1.54) is 0 Å². The molecule has 1 amide bonds. The Balaban J connectivity index is 1.68. The van der Waals surface area contributed by atoms with Crippen LogP contribution in [0.25, 0.3) is 0 Å². The second kappa shape index (κ2) is 7.55. The average molecular weight is 287 g/mol. The zero-order chi connectivity index (χ0) is 15.1. The maximum absolute atomic E-state index is 12.1. The van der Waals surface area contributed by atoms with Crippen molar-refractivity contribution in [2.24, 2.45) is 0 Å². The van der Waals surface area contributed by atoms with Gasteiger partial charge in [0.25, 0.3) is 0 Å². The Kier molecular flexibility index (Phi) is 5.47. The summed E-state index contributed by atoms with van der Waals surface area (Å²) in [4.78, 5) is 16.1. The van der Waals surface area contributed by atoms with Crippen molar-refractivity contribution in [1.82, 2.24) is 9.80 Å². The summed E-state index contributed by atoms with van der Waals surface area (Å²) in [6, 6.07) is 7.17. The molecule has 5 heteroatoms. The molecule has 0 unspecified atom stereocenters. The number of terminal acetylenes is 1. The predicted molar refractivity (Wildman–Crippen MR) is 82.8 cm³/mol. The Morgan fingerprint density at radius 3 is 2.52 bits per heavy atom. The Labute approximate surface area is 125 Å². The van der Waals surface area contributed by atoms with Crippen molar-refractivity contribution in [2.75, 3.05) is 45.1 Å². The maximum atomic E-state index is 12.1. The Morgan fingerprint density at radius 2 is 1.90 bits per heavy atom. The Bertz CT molecular complexity index is 499. The van der Waals surface area contributed by atoms with Crippen LogP contribution in [0.15, 0.2) is 24.3 Å². The van der Waals surface area contributed by atoms with Crippen molar-refractivity contribution in [3.8, 4) is 18.1 Å². The molecule has 1 saturated heterocycles. The molecule has 0 atom stereocenters. The third kappa shape index (κ3) is 4.69. The number of piperazine rings is 1. The van der Waals surface area contributed by atoms with Crippen LogP contribution in [0.5, 0.6) is 5.75 Å². The van der Waals surface area contributed by atoms with E-state index >= 15 is 0 Å². The summed E-state index contributed by atoms with van der Waals surface area (Å²) in [6.07, 6.45) is 5.68. The summed E-state index contributed by atoms with van der Waals surface area (Å²) in [5, 5.41) is 0. The fourth-order valence-electron chi connectivity index (χ4n) is 2.26. The van der Waals surface area contributed by atoms with E-state index in [0.717, 1.165) is 31.9 Å². The van der Waals surface area contributed by atoms with Crippen LogP contribution in [-0.4, -0.2) is 55.0 Å². The lowest BCUT2D eigenvalue weighted by Gasteiger charge is -2.33. The summed E-state index contributed by atoms with van der Waals surface area (Å²) in [6.45, 7) is 4.20. The summed E-state index contributed by atoms with van der Waals surface area (Å²) in [5.74, 6) is 3.49. The van der Waals surface area contributed by atoms with Crippen LogP contribution in [0.2, 0.25) is 0 Å². The molecule has 1 fully saturated rings. The molecule has 0 spiro atoms. The Hall–Kier alpha value is -2.19. The van der Waals surface area contributed by atoms with Crippen LogP contribution in [0, 0.1) is 12.3 Å². The second-order valence-electron chi connectivity index (χ2n) is 5.03. The van der Waals surface area contributed by atoms with Crippen LogP contribution in [0.3, 0.4) is 0 Å². The lowest BCUT2D eigenvalue weighted by atomic mass is 10.2. The molecule has 21 heavy (non-hydrogen) atoms. The highest BCUT2D eigenvalue weighted by Gasteiger charge is 2.20. The first kappa shape index (κ1) is 15.2. The van der Waals surface area contributed by atoms with Crippen LogP contribution >= 0.6 is 0 Å². The molecule has 1 aromatic rings. The number of nitrogens with two attached hydrogens (primary N) is 1. The highest BCUT2D eigenvalue weighted by atomic mass is 16.5. The van der Waals surface area contributed by atoms with Crippen molar-refractivity contribution in [3.63, 3.8) is 0 Å². The third-order valence-electron chi connectivity index (χ3n) is 3.50. The fourth-order valence-corrected chi connectivity index (χ4v) is 2.26. The van der Waals surface area contributed by atoms with E-state index in [9.17, 15) is 4.79 Å². The van der Waals surface area contributed by atoms with E-state index < -0.39 is 0 Å². The number of rotatable bonds is 5. The monoisotopic (exact) mass is 287 g/mol. The fraction of sp³-hybridized carbons (Fsp3) is 0.438. The maximum Gasteiger partial charge on any atom is 0.226 e. The minimum atomic E-state index is 0.130. The van der Waals surface area contributed by atoms with Gasteiger partial charge in [0.05, 0.1) is 19.6 Å². The number of anilines is 1. The van der Waals surface area contributed by atoms with Crippen molar-refractivity contribution < 1.29 is 9.53 Å². The quantitative estimate of drug-likeness (QED) is 0.643. The van der Waals surface area contributed by atoms with E-state index in [0.29, 0.717) is 25.3 Å². The SMILES string of the molecule is C#CCN1CCN(C(=O)CCOc2ccc(N)cc2)CC1. The number of hydrogen-bond donors (Lipinski definition) is 1. The lowest BCUT2D eigenvalue weighted by Crippen LogP contribution is -2.48. The minimum Gasteiger partial charge on any atom is -0.493 e. The van der Waals surface area contributed by atoms with Crippen molar-refractivity contribution in [3.05, 3.63) is 24.3 Å². The van der Waals surface area contributed by atoms with E-state index in [4.69, 9.17) is 16.9 Å². The van der Waals surface area contributed by atoms with Gasteiger partial charge in [0.15, 0.2) is 0 Å². The van der Waals surface area contributed by atoms with Crippen molar-refractivity contribution >= 4 is 11.6 Å². The van der Waals surface area contributed by atoms with Gasteiger partial charge in [0, 0.05) is 31.9 Å². The highest BCUT2D eigenvalue weighted by Crippen LogP contribution is 2.13. The van der Waals surface area contributed by atoms with Crippen LogP contribution in [0.4, 0.5) is 5.69 Å². The summed E-state index contributed by atoms with van der Waals surface area (Å²) < 4.78 is 5.54. The zero-order valence-electron chi connectivity index (χ0n) is 12.1. The van der Waals surface area contributed by atoms with E-state index in [1.807, 2.05) is 4.90 Å². The molecule has 2 rings (SSSR count). The molecule has 112 valence electrons. The number of nitrogen functional groups attached to an aromatic ring is 1. The topological polar surface area (TPSA) is 58.8 Å². The standard InChI is InChI=1S/C16H21N3O2/c1-2-8-18-9-11-19(12-10-18)16(20)7-13-21-15-5-3-14(17)4-6-15/h1,3-6H,7-13,17H2. The molecular formula is C16H21N3O2. The number of amides is 1. The lowest BCUT2D eigenvalue weighted by molar-refractivity contribution is -0.133. The van der Waals surface area contributed by atoms with Crippen LogP contribution in [0.1, 0.15) is 6.42 Å². The van der Waals surface area contributed by atoms with Gasteiger partial charge >= 0.3 is 0 Å². The van der Waals surface area contributed by atoms with Gasteiger partial charge in [-0.05, 0) is 24.3 Å². The number of hydrogen-bond acceptors (Lipinski definition) is 4. The van der Waals surface area contributed by atoms with Gasteiger partial charge in [-0.3, -0.25) is 9.69 Å². The molecule has 0 radical (unpaired) electrons. The second-order valence-corrected chi connectivity index (χ2v) is 5.03. The van der Waals surface area contributed by atoms with Crippen LogP contribution < -0.4 is 10.5 Å². The van der Waals surface area contributed by atoms with Gasteiger partial charge in [-0.15, -0.1) is 6.42 Å².